The molecule has 0 spiro atoms. The minimum absolute atomic E-state index is 0.870. The SMILES string of the molecule is C=C(C)c1ccc(-c2cncc3[nH]c(-c4n[nH]c5ccc(-c6cncnc6)cc45)cc23)s1. The minimum atomic E-state index is 0.870. The first kappa shape index (κ1) is 18.7. The van der Waals surface area contributed by atoms with Crippen molar-refractivity contribution in [1.29, 1.82) is 0 Å². The van der Waals surface area contributed by atoms with Crippen molar-refractivity contribution < 1.29 is 0 Å². The minimum Gasteiger partial charge on any atom is -0.352 e. The highest BCUT2D eigenvalue weighted by molar-refractivity contribution is 7.16. The lowest BCUT2D eigenvalue weighted by molar-refractivity contribution is 1.12. The predicted molar refractivity (Wildman–Crippen MR) is 130 cm³/mol. The molecule has 5 heterocycles. The maximum absolute atomic E-state index is 4.61. The van der Waals surface area contributed by atoms with E-state index in [1.807, 2.05) is 43.8 Å². The van der Waals surface area contributed by atoms with Crippen molar-refractivity contribution in [2.24, 2.45) is 0 Å². The summed E-state index contributed by atoms with van der Waals surface area (Å²) in [4.78, 5) is 18.6. The smallest absolute Gasteiger partial charge is 0.116 e. The Morgan fingerprint density at radius 1 is 0.875 bits per heavy atom. The number of rotatable bonds is 4. The highest BCUT2D eigenvalue weighted by atomic mass is 32.1. The van der Waals surface area contributed by atoms with Crippen molar-refractivity contribution in [2.75, 3.05) is 0 Å². The molecule has 0 unspecified atom stereocenters. The van der Waals surface area contributed by atoms with Crippen molar-refractivity contribution in [1.82, 2.24) is 30.1 Å². The summed E-state index contributed by atoms with van der Waals surface area (Å²) in [6.07, 6.45) is 8.94. The first-order valence-electron chi connectivity index (χ1n) is 10.1. The molecule has 7 heteroatoms. The van der Waals surface area contributed by atoms with Gasteiger partial charge in [-0.25, -0.2) is 9.97 Å². The Labute approximate surface area is 187 Å². The number of allylic oxidation sites excluding steroid dienone is 1. The van der Waals surface area contributed by atoms with Gasteiger partial charge in [0.1, 0.15) is 12.0 Å². The van der Waals surface area contributed by atoms with E-state index >= 15 is 0 Å². The van der Waals surface area contributed by atoms with Gasteiger partial charge in [-0.3, -0.25) is 10.1 Å². The number of thiophene rings is 1. The highest BCUT2D eigenvalue weighted by Gasteiger charge is 2.15. The van der Waals surface area contributed by atoms with Crippen LogP contribution in [0, 0.1) is 0 Å². The topological polar surface area (TPSA) is 83.1 Å². The number of H-pyrrole nitrogens is 2. The molecular formula is C25H18N6S. The summed E-state index contributed by atoms with van der Waals surface area (Å²) in [5, 5.41) is 9.91. The average Bonchev–Trinajstić information content (AvgIpc) is 3.56. The van der Waals surface area contributed by atoms with E-state index in [9.17, 15) is 0 Å². The molecule has 0 fully saturated rings. The van der Waals surface area contributed by atoms with E-state index in [1.165, 1.54) is 16.1 Å². The number of nitrogens with one attached hydrogen (secondary N) is 2. The van der Waals surface area contributed by atoms with Gasteiger partial charge in [0.15, 0.2) is 0 Å². The third kappa shape index (κ3) is 3.02. The largest absolute Gasteiger partial charge is 0.352 e. The molecule has 6 rings (SSSR count). The molecule has 0 radical (unpaired) electrons. The van der Waals surface area contributed by atoms with Crippen LogP contribution in [0.3, 0.4) is 0 Å². The van der Waals surface area contributed by atoms with E-state index in [0.717, 1.165) is 55.5 Å². The second-order valence-corrected chi connectivity index (χ2v) is 8.82. The predicted octanol–water partition coefficient (Wildman–Crippen LogP) is 6.32. The van der Waals surface area contributed by atoms with E-state index < -0.39 is 0 Å². The van der Waals surface area contributed by atoms with Crippen LogP contribution >= 0.6 is 11.3 Å². The standard InChI is InChI=1S/C25H18N6S/c1-14(2)23-5-6-24(32-23)19-11-26-12-22-17(19)8-21(29-22)25-18-7-15(3-4-20(18)30-31-25)16-9-27-13-28-10-16/h3-13,29H,1H2,2H3,(H,30,31). The van der Waals surface area contributed by atoms with Gasteiger partial charge in [-0.05, 0) is 48.4 Å². The summed E-state index contributed by atoms with van der Waals surface area (Å²) < 4.78 is 0. The number of hydrogen-bond donors (Lipinski definition) is 2. The first-order chi connectivity index (χ1) is 15.7. The highest BCUT2D eigenvalue weighted by Crippen LogP contribution is 2.37. The van der Waals surface area contributed by atoms with Crippen LogP contribution < -0.4 is 0 Å². The summed E-state index contributed by atoms with van der Waals surface area (Å²) in [5.41, 5.74) is 7.95. The van der Waals surface area contributed by atoms with Crippen LogP contribution in [0.15, 0.2) is 74.1 Å². The molecule has 0 aliphatic rings. The zero-order chi connectivity index (χ0) is 21.7. The molecule has 0 saturated carbocycles. The molecule has 0 amide bonds. The maximum atomic E-state index is 4.61. The molecule has 0 aliphatic heterocycles. The van der Waals surface area contributed by atoms with E-state index in [4.69, 9.17) is 0 Å². The Morgan fingerprint density at radius 2 is 1.75 bits per heavy atom. The van der Waals surface area contributed by atoms with Gasteiger partial charge in [0.2, 0.25) is 0 Å². The zero-order valence-electron chi connectivity index (χ0n) is 17.3. The fourth-order valence-electron chi connectivity index (χ4n) is 3.93. The van der Waals surface area contributed by atoms with Crippen molar-refractivity contribution in [3.05, 3.63) is 79.0 Å². The second kappa shape index (κ2) is 7.25. The van der Waals surface area contributed by atoms with E-state index in [0.29, 0.717) is 0 Å². The van der Waals surface area contributed by atoms with Crippen LogP contribution in [0.2, 0.25) is 0 Å². The molecular weight excluding hydrogens is 416 g/mol. The quantitative estimate of drug-likeness (QED) is 0.340. The van der Waals surface area contributed by atoms with Gasteiger partial charge in [0.05, 0.1) is 22.9 Å². The summed E-state index contributed by atoms with van der Waals surface area (Å²) in [6, 6.07) is 12.6. The molecule has 0 atom stereocenters. The van der Waals surface area contributed by atoms with Gasteiger partial charge in [0, 0.05) is 50.2 Å². The summed E-state index contributed by atoms with van der Waals surface area (Å²) in [7, 11) is 0. The summed E-state index contributed by atoms with van der Waals surface area (Å²) in [5.74, 6) is 0. The summed E-state index contributed by atoms with van der Waals surface area (Å²) in [6.45, 7) is 6.09. The van der Waals surface area contributed by atoms with Crippen molar-refractivity contribution >= 4 is 38.7 Å². The lowest BCUT2D eigenvalue weighted by Gasteiger charge is -2.01. The van der Waals surface area contributed by atoms with Crippen LogP contribution in [0.1, 0.15) is 11.8 Å². The summed E-state index contributed by atoms with van der Waals surface area (Å²) >= 11 is 1.73. The third-order valence-electron chi connectivity index (χ3n) is 5.55. The Bertz CT molecular complexity index is 1610. The van der Waals surface area contributed by atoms with Crippen molar-refractivity contribution in [3.8, 4) is 33.0 Å². The lowest BCUT2D eigenvalue weighted by atomic mass is 10.0. The monoisotopic (exact) mass is 434 g/mol. The average molecular weight is 435 g/mol. The lowest BCUT2D eigenvalue weighted by Crippen LogP contribution is -1.83. The fourth-order valence-corrected chi connectivity index (χ4v) is 4.89. The van der Waals surface area contributed by atoms with Crippen LogP contribution in [-0.4, -0.2) is 30.1 Å². The number of aromatic nitrogens is 6. The molecule has 0 bridgehead atoms. The van der Waals surface area contributed by atoms with Gasteiger partial charge in [-0.1, -0.05) is 12.6 Å². The van der Waals surface area contributed by atoms with E-state index in [-0.39, 0.29) is 0 Å². The normalized spacial score (nSPS) is 11.4. The molecule has 5 aromatic heterocycles. The van der Waals surface area contributed by atoms with Gasteiger partial charge in [-0.15, -0.1) is 11.3 Å². The Balaban J connectivity index is 1.49. The van der Waals surface area contributed by atoms with Gasteiger partial charge in [-0.2, -0.15) is 5.10 Å². The molecule has 1 aromatic carbocycles. The Morgan fingerprint density at radius 3 is 2.56 bits per heavy atom. The zero-order valence-corrected chi connectivity index (χ0v) is 18.1. The molecule has 6 nitrogen and oxygen atoms in total. The van der Waals surface area contributed by atoms with Crippen molar-refractivity contribution in [3.63, 3.8) is 0 Å². The number of benzene rings is 1. The van der Waals surface area contributed by atoms with Crippen LogP contribution in [0.4, 0.5) is 0 Å². The first-order valence-corrected chi connectivity index (χ1v) is 11.0. The van der Waals surface area contributed by atoms with Crippen LogP contribution in [-0.2, 0) is 0 Å². The van der Waals surface area contributed by atoms with Crippen LogP contribution in [0.5, 0.6) is 0 Å². The Kier molecular flexibility index (Phi) is 4.22. The van der Waals surface area contributed by atoms with Crippen LogP contribution in [0.25, 0.3) is 60.3 Å². The number of hydrogen-bond acceptors (Lipinski definition) is 5. The van der Waals surface area contributed by atoms with Gasteiger partial charge in [0.25, 0.3) is 0 Å². The maximum Gasteiger partial charge on any atom is 0.116 e. The fraction of sp³-hybridized carbons (Fsp3) is 0.0400. The van der Waals surface area contributed by atoms with E-state index in [2.05, 4.69) is 61.0 Å². The van der Waals surface area contributed by atoms with E-state index in [1.54, 1.807) is 11.3 Å². The molecule has 6 aromatic rings. The number of aromatic amines is 2. The molecule has 2 N–H and O–H groups in total. The Hall–Kier alpha value is -4.10. The third-order valence-corrected chi connectivity index (χ3v) is 6.83. The molecule has 0 aliphatic carbocycles. The molecule has 154 valence electrons. The number of fused-ring (bicyclic) bond motifs is 2. The number of pyridine rings is 1. The molecule has 0 saturated heterocycles. The van der Waals surface area contributed by atoms with Gasteiger partial charge < -0.3 is 4.98 Å². The van der Waals surface area contributed by atoms with Crippen molar-refractivity contribution in [2.45, 2.75) is 6.92 Å². The molecule has 32 heavy (non-hydrogen) atoms. The second-order valence-electron chi connectivity index (χ2n) is 7.74. The number of nitrogens with zero attached hydrogens (tertiary/aromatic N) is 4. The van der Waals surface area contributed by atoms with Gasteiger partial charge >= 0.3 is 0 Å².